The molecule has 0 fully saturated rings. The van der Waals surface area contributed by atoms with E-state index in [1.54, 1.807) is 18.9 Å². The summed E-state index contributed by atoms with van der Waals surface area (Å²) in [5, 5.41) is 2.27. The Morgan fingerprint density at radius 1 is 0.913 bits per heavy atom. The first kappa shape index (κ1) is 15.1. The molecule has 0 aliphatic carbocycles. The van der Waals surface area contributed by atoms with E-state index >= 15 is 0 Å². The van der Waals surface area contributed by atoms with Crippen molar-refractivity contribution in [1.82, 2.24) is 0 Å². The van der Waals surface area contributed by atoms with Gasteiger partial charge in [0.2, 0.25) is 0 Å². The number of carbonyl (C=O) groups is 1. The SMILES string of the molecule is CC(Oc1ccccc1)C(=O)N(C)c1ccc2ccccc2c1. The van der Waals surface area contributed by atoms with Gasteiger partial charge in [0.05, 0.1) is 0 Å². The molecule has 0 heterocycles. The summed E-state index contributed by atoms with van der Waals surface area (Å²) in [6, 6.07) is 23.5. The van der Waals surface area contributed by atoms with E-state index in [2.05, 4.69) is 6.07 Å². The van der Waals surface area contributed by atoms with Gasteiger partial charge in [-0.3, -0.25) is 4.79 Å². The molecule has 3 aromatic rings. The van der Waals surface area contributed by atoms with Crippen molar-refractivity contribution < 1.29 is 9.53 Å². The van der Waals surface area contributed by atoms with Gasteiger partial charge in [0.25, 0.3) is 5.91 Å². The Morgan fingerprint density at radius 2 is 1.57 bits per heavy atom. The molecule has 0 saturated heterocycles. The number of hydrogen-bond acceptors (Lipinski definition) is 2. The van der Waals surface area contributed by atoms with E-state index in [9.17, 15) is 4.79 Å². The van der Waals surface area contributed by atoms with Crippen LogP contribution in [0, 0.1) is 0 Å². The van der Waals surface area contributed by atoms with Crippen LogP contribution in [0.5, 0.6) is 5.75 Å². The number of ether oxygens (including phenoxy) is 1. The molecule has 23 heavy (non-hydrogen) atoms. The van der Waals surface area contributed by atoms with E-state index in [4.69, 9.17) is 4.74 Å². The van der Waals surface area contributed by atoms with Gasteiger partial charge in [-0.05, 0) is 42.0 Å². The van der Waals surface area contributed by atoms with Crippen molar-refractivity contribution in [2.75, 3.05) is 11.9 Å². The molecule has 0 aliphatic heterocycles. The second-order valence-corrected chi connectivity index (χ2v) is 5.50. The number of para-hydroxylation sites is 1. The molecule has 0 saturated carbocycles. The fraction of sp³-hybridized carbons (Fsp3) is 0.150. The molecule has 3 heteroatoms. The summed E-state index contributed by atoms with van der Waals surface area (Å²) in [7, 11) is 1.78. The molecule has 0 N–H and O–H groups in total. The predicted octanol–water partition coefficient (Wildman–Crippen LogP) is 4.27. The van der Waals surface area contributed by atoms with Crippen molar-refractivity contribution in [2.45, 2.75) is 13.0 Å². The summed E-state index contributed by atoms with van der Waals surface area (Å²) in [5.74, 6) is 0.615. The summed E-state index contributed by atoms with van der Waals surface area (Å²) in [5.41, 5.74) is 0.859. The van der Waals surface area contributed by atoms with Gasteiger partial charge in [-0.15, -0.1) is 0 Å². The minimum atomic E-state index is -0.547. The van der Waals surface area contributed by atoms with Crippen molar-refractivity contribution in [1.29, 1.82) is 0 Å². The van der Waals surface area contributed by atoms with Crippen molar-refractivity contribution >= 4 is 22.4 Å². The average Bonchev–Trinajstić information content (AvgIpc) is 2.61. The second kappa shape index (κ2) is 6.53. The third-order valence-electron chi connectivity index (χ3n) is 3.85. The standard InChI is InChI=1S/C20H19NO2/c1-15(23-19-10-4-3-5-11-19)20(22)21(2)18-13-12-16-8-6-7-9-17(16)14-18/h3-15H,1-2H3. The molecule has 0 radical (unpaired) electrons. The molecule has 116 valence electrons. The van der Waals surface area contributed by atoms with Gasteiger partial charge in [-0.1, -0.05) is 48.5 Å². The Labute approximate surface area is 136 Å². The first-order valence-corrected chi connectivity index (χ1v) is 7.63. The molecule has 1 atom stereocenters. The lowest BCUT2D eigenvalue weighted by atomic mass is 10.1. The molecule has 1 amide bonds. The lowest BCUT2D eigenvalue weighted by molar-refractivity contribution is -0.124. The Balaban J connectivity index is 1.77. The van der Waals surface area contributed by atoms with Gasteiger partial charge < -0.3 is 9.64 Å². The highest BCUT2D eigenvalue weighted by Crippen LogP contribution is 2.22. The quantitative estimate of drug-likeness (QED) is 0.720. The Kier molecular flexibility index (Phi) is 4.29. The highest BCUT2D eigenvalue weighted by molar-refractivity contribution is 5.98. The summed E-state index contributed by atoms with van der Waals surface area (Å²) in [4.78, 5) is 14.2. The minimum absolute atomic E-state index is 0.0795. The molecule has 0 aliphatic rings. The van der Waals surface area contributed by atoms with Crippen LogP contribution in [0.1, 0.15) is 6.92 Å². The fourth-order valence-corrected chi connectivity index (χ4v) is 2.54. The van der Waals surface area contributed by atoms with Crippen LogP contribution in [0.25, 0.3) is 10.8 Å². The topological polar surface area (TPSA) is 29.5 Å². The van der Waals surface area contributed by atoms with Crippen LogP contribution >= 0.6 is 0 Å². The third kappa shape index (κ3) is 3.34. The normalized spacial score (nSPS) is 11.9. The van der Waals surface area contributed by atoms with Crippen molar-refractivity contribution in [3.05, 3.63) is 72.8 Å². The van der Waals surface area contributed by atoms with Crippen LogP contribution in [-0.4, -0.2) is 19.1 Å². The molecule has 0 aromatic heterocycles. The molecule has 0 bridgehead atoms. The van der Waals surface area contributed by atoms with Crippen LogP contribution in [-0.2, 0) is 4.79 Å². The minimum Gasteiger partial charge on any atom is -0.481 e. The van der Waals surface area contributed by atoms with Crippen LogP contribution in [0.3, 0.4) is 0 Å². The van der Waals surface area contributed by atoms with E-state index in [0.29, 0.717) is 5.75 Å². The molecule has 3 rings (SSSR count). The van der Waals surface area contributed by atoms with Crippen LogP contribution in [0.2, 0.25) is 0 Å². The van der Waals surface area contributed by atoms with Crippen molar-refractivity contribution in [2.24, 2.45) is 0 Å². The highest BCUT2D eigenvalue weighted by atomic mass is 16.5. The zero-order valence-electron chi connectivity index (χ0n) is 13.3. The van der Waals surface area contributed by atoms with E-state index in [0.717, 1.165) is 16.5 Å². The summed E-state index contributed by atoms with van der Waals surface area (Å²) < 4.78 is 5.72. The van der Waals surface area contributed by atoms with Gasteiger partial charge in [-0.2, -0.15) is 0 Å². The highest BCUT2D eigenvalue weighted by Gasteiger charge is 2.20. The van der Waals surface area contributed by atoms with Crippen LogP contribution in [0.4, 0.5) is 5.69 Å². The van der Waals surface area contributed by atoms with Gasteiger partial charge in [0, 0.05) is 12.7 Å². The number of carbonyl (C=O) groups excluding carboxylic acids is 1. The summed E-state index contributed by atoms with van der Waals surface area (Å²) in [6.45, 7) is 1.77. The zero-order chi connectivity index (χ0) is 16.2. The lowest BCUT2D eigenvalue weighted by Gasteiger charge is -2.22. The van der Waals surface area contributed by atoms with E-state index in [1.165, 1.54) is 0 Å². The Morgan fingerprint density at radius 3 is 2.30 bits per heavy atom. The van der Waals surface area contributed by atoms with Gasteiger partial charge in [-0.25, -0.2) is 0 Å². The van der Waals surface area contributed by atoms with Crippen molar-refractivity contribution in [3.8, 4) is 5.75 Å². The smallest absolute Gasteiger partial charge is 0.267 e. The van der Waals surface area contributed by atoms with Gasteiger partial charge in [0.1, 0.15) is 5.75 Å². The number of benzene rings is 3. The largest absolute Gasteiger partial charge is 0.481 e. The predicted molar refractivity (Wildman–Crippen MR) is 93.9 cm³/mol. The first-order chi connectivity index (χ1) is 11.1. The van der Waals surface area contributed by atoms with Crippen LogP contribution < -0.4 is 9.64 Å². The molecule has 0 spiro atoms. The van der Waals surface area contributed by atoms with Crippen molar-refractivity contribution in [3.63, 3.8) is 0 Å². The third-order valence-corrected chi connectivity index (χ3v) is 3.85. The van der Waals surface area contributed by atoms with E-state index in [1.807, 2.05) is 66.7 Å². The van der Waals surface area contributed by atoms with E-state index < -0.39 is 6.10 Å². The van der Waals surface area contributed by atoms with E-state index in [-0.39, 0.29) is 5.91 Å². The second-order valence-electron chi connectivity index (χ2n) is 5.50. The number of fused-ring (bicyclic) bond motifs is 1. The summed E-state index contributed by atoms with van der Waals surface area (Å²) >= 11 is 0. The Hall–Kier alpha value is -2.81. The molecular weight excluding hydrogens is 286 g/mol. The molecule has 1 unspecified atom stereocenters. The number of hydrogen-bond donors (Lipinski definition) is 0. The Bertz CT molecular complexity index is 814. The lowest BCUT2D eigenvalue weighted by Crippen LogP contribution is -2.38. The molecule has 3 nitrogen and oxygen atoms in total. The average molecular weight is 305 g/mol. The monoisotopic (exact) mass is 305 g/mol. The fourth-order valence-electron chi connectivity index (χ4n) is 2.54. The van der Waals surface area contributed by atoms with Gasteiger partial charge >= 0.3 is 0 Å². The number of likely N-dealkylation sites (N-methyl/N-ethyl adjacent to an activating group) is 1. The van der Waals surface area contributed by atoms with Crippen LogP contribution in [0.15, 0.2) is 72.8 Å². The zero-order valence-corrected chi connectivity index (χ0v) is 13.3. The number of nitrogens with zero attached hydrogens (tertiary/aromatic N) is 1. The molecule has 3 aromatic carbocycles. The molecular formula is C20H19NO2. The maximum absolute atomic E-state index is 12.6. The number of anilines is 1. The number of amides is 1. The maximum Gasteiger partial charge on any atom is 0.267 e. The summed E-state index contributed by atoms with van der Waals surface area (Å²) in [6.07, 6.45) is -0.547. The maximum atomic E-state index is 12.6. The number of rotatable bonds is 4. The van der Waals surface area contributed by atoms with Gasteiger partial charge in [0.15, 0.2) is 6.10 Å². The first-order valence-electron chi connectivity index (χ1n) is 7.63.